The number of ether oxygens (including phenoxy) is 2. The molecule has 0 aliphatic carbocycles. The molecule has 0 bridgehead atoms. The van der Waals surface area contributed by atoms with Gasteiger partial charge in [0.05, 0.1) is 16.8 Å². The maximum atomic E-state index is 6.26. The zero-order valence-corrected chi connectivity index (χ0v) is 20.1. The van der Waals surface area contributed by atoms with Crippen LogP contribution in [0.3, 0.4) is 0 Å². The summed E-state index contributed by atoms with van der Waals surface area (Å²) in [5, 5.41) is 1.15. The monoisotopic (exact) mass is 505 g/mol. The van der Waals surface area contributed by atoms with Crippen LogP contribution < -0.4 is 9.47 Å². The van der Waals surface area contributed by atoms with Gasteiger partial charge in [0.2, 0.25) is 0 Å². The van der Waals surface area contributed by atoms with Gasteiger partial charge in [-0.05, 0) is 78.2 Å². The zero-order chi connectivity index (χ0) is 21.7. The molecule has 0 saturated carbocycles. The van der Waals surface area contributed by atoms with Crippen LogP contribution in [0, 0.1) is 13.8 Å². The highest BCUT2D eigenvalue weighted by Gasteiger charge is 2.13. The predicted molar refractivity (Wildman–Crippen MR) is 129 cm³/mol. The second kappa shape index (κ2) is 10.3. The van der Waals surface area contributed by atoms with E-state index < -0.39 is 0 Å². The first-order valence-electron chi connectivity index (χ1n) is 9.51. The smallest absolute Gasteiger partial charge is 0.175 e. The van der Waals surface area contributed by atoms with Crippen molar-refractivity contribution in [1.29, 1.82) is 0 Å². The van der Waals surface area contributed by atoms with Gasteiger partial charge in [0.15, 0.2) is 11.5 Å². The molecule has 0 fully saturated rings. The highest BCUT2D eigenvalue weighted by atomic mass is 79.9. The van der Waals surface area contributed by atoms with Crippen molar-refractivity contribution in [2.24, 2.45) is 4.99 Å². The van der Waals surface area contributed by atoms with E-state index in [1.54, 1.807) is 12.1 Å². The van der Waals surface area contributed by atoms with E-state index >= 15 is 0 Å². The number of aryl methyl sites for hydroxylation is 2. The average molecular weight is 507 g/mol. The average Bonchev–Trinajstić information content (AvgIpc) is 2.68. The second-order valence-corrected chi connectivity index (χ2v) is 8.53. The molecule has 0 unspecified atom stereocenters. The Bertz CT molecular complexity index is 1080. The summed E-state index contributed by atoms with van der Waals surface area (Å²) in [5.74, 6) is 1.26. The first kappa shape index (κ1) is 22.7. The topological polar surface area (TPSA) is 30.8 Å². The van der Waals surface area contributed by atoms with Crippen LogP contribution in [0.25, 0.3) is 0 Å². The lowest BCUT2D eigenvalue weighted by atomic mass is 10.1. The van der Waals surface area contributed by atoms with Crippen LogP contribution in [-0.4, -0.2) is 12.8 Å². The summed E-state index contributed by atoms with van der Waals surface area (Å²) < 4.78 is 12.6. The molecule has 0 amide bonds. The van der Waals surface area contributed by atoms with E-state index in [1.807, 2.05) is 37.4 Å². The van der Waals surface area contributed by atoms with Crippen LogP contribution in [0.1, 0.15) is 29.2 Å². The lowest BCUT2D eigenvalue weighted by Gasteiger charge is -2.15. The number of halogens is 3. The molecule has 0 radical (unpaired) electrons. The quantitative estimate of drug-likeness (QED) is 0.303. The maximum Gasteiger partial charge on any atom is 0.175 e. The van der Waals surface area contributed by atoms with Crippen LogP contribution in [0.5, 0.6) is 11.5 Å². The largest absolute Gasteiger partial charge is 0.490 e. The lowest BCUT2D eigenvalue weighted by Crippen LogP contribution is -2.02. The molecule has 0 heterocycles. The molecule has 6 heteroatoms. The van der Waals surface area contributed by atoms with Gasteiger partial charge in [0.25, 0.3) is 0 Å². The highest BCUT2D eigenvalue weighted by molar-refractivity contribution is 9.10. The van der Waals surface area contributed by atoms with Gasteiger partial charge in [-0.2, -0.15) is 0 Å². The maximum absolute atomic E-state index is 6.26. The van der Waals surface area contributed by atoms with Crippen LogP contribution >= 0.6 is 39.1 Å². The summed E-state index contributed by atoms with van der Waals surface area (Å²) in [4.78, 5) is 4.63. The van der Waals surface area contributed by atoms with E-state index in [0.29, 0.717) is 34.8 Å². The Morgan fingerprint density at radius 2 is 1.80 bits per heavy atom. The molecule has 3 aromatic carbocycles. The summed E-state index contributed by atoms with van der Waals surface area (Å²) in [7, 11) is 0. The van der Waals surface area contributed by atoms with Crippen LogP contribution in [0.2, 0.25) is 10.0 Å². The van der Waals surface area contributed by atoms with Crippen molar-refractivity contribution in [2.45, 2.75) is 27.4 Å². The van der Waals surface area contributed by atoms with Crippen molar-refractivity contribution in [3.8, 4) is 11.5 Å². The van der Waals surface area contributed by atoms with Crippen LogP contribution in [-0.2, 0) is 6.61 Å². The molecule has 156 valence electrons. The molecule has 0 saturated heterocycles. The fourth-order valence-electron chi connectivity index (χ4n) is 2.95. The molecule has 0 aliphatic heterocycles. The van der Waals surface area contributed by atoms with E-state index in [1.165, 1.54) is 5.56 Å². The minimum atomic E-state index is 0.296. The van der Waals surface area contributed by atoms with Gasteiger partial charge >= 0.3 is 0 Å². The number of rotatable bonds is 7. The predicted octanol–water partition coefficient (Wildman–Crippen LogP) is 8.10. The minimum Gasteiger partial charge on any atom is -0.490 e. The Labute approximate surface area is 195 Å². The molecule has 0 aliphatic rings. The third-order valence-electron chi connectivity index (χ3n) is 4.42. The number of hydrogen-bond acceptors (Lipinski definition) is 3. The summed E-state index contributed by atoms with van der Waals surface area (Å²) in [6.07, 6.45) is 1.82. The Kier molecular flexibility index (Phi) is 7.81. The van der Waals surface area contributed by atoms with Crippen molar-refractivity contribution >= 4 is 51.0 Å². The third kappa shape index (κ3) is 5.78. The van der Waals surface area contributed by atoms with E-state index in [4.69, 9.17) is 32.7 Å². The molecular weight excluding hydrogens is 485 g/mol. The highest BCUT2D eigenvalue weighted by Crippen LogP contribution is 2.38. The molecule has 0 atom stereocenters. The standard InChI is InChI=1S/C24H22BrCl2NO2/c1-4-29-23-11-17(13-28-22-8-5-15(2)9-16(22)3)10-20(25)24(23)30-14-18-6-7-19(26)12-21(18)27/h5-13H,4,14H2,1-3H3. The zero-order valence-electron chi connectivity index (χ0n) is 17.0. The molecule has 3 aromatic rings. The van der Waals surface area contributed by atoms with E-state index in [0.717, 1.165) is 26.9 Å². The SMILES string of the molecule is CCOc1cc(C=Nc2ccc(C)cc2C)cc(Br)c1OCc1ccc(Cl)cc1Cl. The first-order valence-corrected chi connectivity index (χ1v) is 11.1. The number of benzene rings is 3. The summed E-state index contributed by atoms with van der Waals surface area (Å²) in [6.45, 7) is 6.87. The normalized spacial score (nSPS) is 11.1. The molecule has 3 nitrogen and oxygen atoms in total. The van der Waals surface area contributed by atoms with Crippen molar-refractivity contribution < 1.29 is 9.47 Å². The van der Waals surface area contributed by atoms with Crippen molar-refractivity contribution in [3.63, 3.8) is 0 Å². The van der Waals surface area contributed by atoms with Gasteiger partial charge in [-0.1, -0.05) is 47.0 Å². The fourth-order valence-corrected chi connectivity index (χ4v) is 3.99. The number of hydrogen-bond donors (Lipinski definition) is 0. The fraction of sp³-hybridized carbons (Fsp3) is 0.208. The van der Waals surface area contributed by atoms with Gasteiger partial charge < -0.3 is 9.47 Å². The Morgan fingerprint density at radius 1 is 1.00 bits per heavy atom. The minimum absolute atomic E-state index is 0.296. The van der Waals surface area contributed by atoms with Gasteiger partial charge in [-0.3, -0.25) is 4.99 Å². The molecule has 0 N–H and O–H groups in total. The Hall–Kier alpha value is -2.01. The molecule has 0 aromatic heterocycles. The molecule has 0 spiro atoms. The Balaban J connectivity index is 1.85. The van der Waals surface area contributed by atoms with Crippen molar-refractivity contribution in [2.75, 3.05) is 6.61 Å². The first-order chi connectivity index (χ1) is 14.4. The number of nitrogens with zero attached hydrogens (tertiary/aromatic N) is 1. The number of aliphatic imine (C=N–C) groups is 1. The summed E-state index contributed by atoms with van der Waals surface area (Å²) in [6, 6.07) is 15.4. The van der Waals surface area contributed by atoms with Gasteiger partial charge in [-0.25, -0.2) is 0 Å². The molecule has 30 heavy (non-hydrogen) atoms. The Morgan fingerprint density at radius 3 is 2.50 bits per heavy atom. The second-order valence-electron chi connectivity index (χ2n) is 6.84. The van der Waals surface area contributed by atoms with Gasteiger partial charge in [-0.15, -0.1) is 0 Å². The van der Waals surface area contributed by atoms with E-state index in [9.17, 15) is 0 Å². The third-order valence-corrected chi connectivity index (χ3v) is 5.60. The van der Waals surface area contributed by atoms with Crippen LogP contribution in [0.15, 0.2) is 58.0 Å². The van der Waals surface area contributed by atoms with Crippen LogP contribution in [0.4, 0.5) is 5.69 Å². The lowest BCUT2D eigenvalue weighted by molar-refractivity contribution is 0.267. The molecule has 3 rings (SSSR count). The van der Waals surface area contributed by atoms with Gasteiger partial charge in [0.1, 0.15) is 6.61 Å². The summed E-state index contributed by atoms with van der Waals surface area (Å²) >= 11 is 15.8. The molecular formula is C24H22BrCl2NO2. The van der Waals surface area contributed by atoms with E-state index in [-0.39, 0.29) is 0 Å². The summed E-state index contributed by atoms with van der Waals surface area (Å²) in [5.41, 5.74) is 5.04. The van der Waals surface area contributed by atoms with Gasteiger partial charge in [0, 0.05) is 21.8 Å². The van der Waals surface area contributed by atoms with Crippen molar-refractivity contribution in [3.05, 3.63) is 85.3 Å². The van der Waals surface area contributed by atoms with E-state index in [2.05, 4.69) is 46.9 Å². The van der Waals surface area contributed by atoms with Crippen molar-refractivity contribution in [1.82, 2.24) is 0 Å².